The van der Waals surface area contributed by atoms with Gasteiger partial charge in [0.05, 0.1) is 0 Å². The van der Waals surface area contributed by atoms with E-state index in [4.69, 9.17) is 0 Å². The molecule has 0 fully saturated rings. The summed E-state index contributed by atoms with van der Waals surface area (Å²) >= 11 is 0. The monoisotopic (exact) mass is 277 g/mol. The summed E-state index contributed by atoms with van der Waals surface area (Å²) in [6, 6.07) is 3.66. The molecule has 0 atom stereocenters. The Kier molecular flexibility index (Phi) is 8.43. The van der Waals surface area contributed by atoms with Crippen molar-refractivity contribution in [3.05, 3.63) is 24.0 Å². The molecule has 1 heterocycles. The standard InChI is InChI=1S/C16H27N3O/c1-3-5-6-7-8-9-11-19-16(20)15-13-14(17-4-2)10-12-18-15/h10,12-13H,3-9,11H2,1-2H3,(H,17,18)(H,19,20). The van der Waals surface area contributed by atoms with Crippen molar-refractivity contribution in [1.29, 1.82) is 0 Å². The number of anilines is 1. The number of nitrogens with zero attached hydrogens (tertiary/aromatic N) is 1. The van der Waals surface area contributed by atoms with Gasteiger partial charge in [-0.1, -0.05) is 39.0 Å². The Bertz CT molecular complexity index is 393. The Morgan fingerprint density at radius 2 is 1.90 bits per heavy atom. The molecule has 0 aliphatic carbocycles. The van der Waals surface area contributed by atoms with Gasteiger partial charge < -0.3 is 10.6 Å². The number of rotatable bonds is 10. The lowest BCUT2D eigenvalue weighted by molar-refractivity contribution is 0.0948. The smallest absolute Gasteiger partial charge is 0.269 e. The van der Waals surface area contributed by atoms with Gasteiger partial charge in [-0.15, -0.1) is 0 Å². The highest BCUT2D eigenvalue weighted by Gasteiger charge is 2.06. The van der Waals surface area contributed by atoms with Gasteiger partial charge in [0.1, 0.15) is 5.69 Å². The highest BCUT2D eigenvalue weighted by molar-refractivity contribution is 5.93. The molecular weight excluding hydrogens is 250 g/mol. The van der Waals surface area contributed by atoms with Crippen molar-refractivity contribution in [3.63, 3.8) is 0 Å². The number of unbranched alkanes of at least 4 members (excludes halogenated alkanes) is 5. The molecular formula is C16H27N3O. The molecule has 4 nitrogen and oxygen atoms in total. The Balaban J connectivity index is 2.23. The topological polar surface area (TPSA) is 54.0 Å². The van der Waals surface area contributed by atoms with Crippen LogP contribution in [0.2, 0.25) is 0 Å². The lowest BCUT2D eigenvalue weighted by atomic mass is 10.1. The van der Waals surface area contributed by atoms with Crippen molar-refractivity contribution in [1.82, 2.24) is 10.3 Å². The van der Waals surface area contributed by atoms with Gasteiger partial charge in [0, 0.05) is 25.0 Å². The lowest BCUT2D eigenvalue weighted by Crippen LogP contribution is -2.25. The Hall–Kier alpha value is -1.58. The number of pyridine rings is 1. The fraction of sp³-hybridized carbons (Fsp3) is 0.625. The van der Waals surface area contributed by atoms with E-state index in [1.165, 1.54) is 32.1 Å². The molecule has 0 unspecified atom stereocenters. The summed E-state index contributed by atoms with van der Waals surface area (Å²) in [5, 5.41) is 6.11. The third kappa shape index (κ3) is 6.55. The predicted molar refractivity (Wildman–Crippen MR) is 84.1 cm³/mol. The van der Waals surface area contributed by atoms with E-state index in [2.05, 4.69) is 22.5 Å². The maximum Gasteiger partial charge on any atom is 0.269 e. The second-order valence-electron chi connectivity index (χ2n) is 4.98. The molecule has 0 spiro atoms. The van der Waals surface area contributed by atoms with E-state index in [9.17, 15) is 4.79 Å². The first-order valence-electron chi connectivity index (χ1n) is 7.76. The zero-order chi connectivity index (χ0) is 14.6. The summed E-state index contributed by atoms with van der Waals surface area (Å²) in [7, 11) is 0. The fourth-order valence-electron chi connectivity index (χ4n) is 2.07. The van der Waals surface area contributed by atoms with Crippen molar-refractivity contribution < 1.29 is 4.79 Å². The lowest BCUT2D eigenvalue weighted by Gasteiger charge is -2.07. The van der Waals surface area contributed by atoms with Crippen LogP contribution in [0.15, 0.2) is 18.3 Å². The van der Waals surface area contributed by atoms with Crippen molar-refractivity contribution >= 4 is 11.6 Å². The van der Waals surface area contributed by atoms with Gasteiger partial charge in [0.25, 0.3) is 5.91 Å². The van der Waals surface area contributed by atoms with E-state index in [1.54, 1.807) is 12.3 Å². The molecule has 0 aliphatic heterocycles. The first-order chi connectivity index (χ1) is 9.77. The molecule has 4 heteroatoms. The third-order valence-corrected chi connectivity index (χ3v) is 3.19. The van der Waals surface area contributed by atoms with Gasteiger partial charge in [0.2, 0.25) is 0 Å². The number of nitrogens with one attached hydrogen (secondary N) is 2. The first-order valence-corrected chi connectivity index (χ1v) is 7.76. The average molecular weight is 277 g/mol. The number of hydrogen-bond acceptors (Lipinski definition) is 3. The van der Waals surface area contributed by atoms with Gasteiger partial charge in [-0.3, -0.25) is 9.78 Å². The molecule has 0 saturated carbocycles. The molecule has 1 aromatic heterocycles. The van der Waals surface area contributed by atoms with E-state index in [1.807, 2.05) is 13.0 Å². The molecule has 0 aromatic carbocycles. The zero-order valence-corrected chi connectivity index (χ0v) is 12.7. The van der Waals surface area contributed by atoms with Crippen molar-refractivity contribution in [3.8, 4) is 0 Å². The minimum atomic E-state index is -0.0849. The van der Waals surface area contributed by atoms with E-state index >= 15 is 0 Å². The summed E-state index contributed by atoms with van der Waals surface area (Å²) < 4.78 is 0. The van der Waals surface area contributed by atoms with Gasteiger partial charge in [-0.25, -0.2) is 0 Å². The van der Waals surface area contributed by atoms with Crippen LogP contribution in [0, 0.1) is 0 Å². The highest BCUT2D eigenvalue weighted by atomic mass is 16.1. The van der Waals surface area contributed by atoms with Gasteiger partial charge >= 0.3 is 0 Å². The number of hydrogen-bond donors (Lipinski definition) is 2. The van der Waals surface area contributed by atoms with Gasteiger partial charge in [-0.05, 0) is 25.5 Å². The minimum Gasteiger partial charge on any atom is -0.385 e. The van der Waals surface area contributed by atoms with Crippen LogP contribution in [0.1, 0.15) is 62.9 Å². The summed E-state index contributed by atoms with van der Waals surface area (Å²) in [6.07, 6.45) is 9.04. The Labute approximate surface area is 122 Å². The quantitative estimate of drug-likeness (QED) is 0.642. The number of aromatic nitrogens is 1. The summed E-state index contributed by atoms with van der Waals surface area (Å²) in [4.78, 5) is 16.0. The van der Waals surface area contributed by atoms with Gasteiger partial charge in [0.15, 0.2) is 0 Å². The zero-order valence-electron chi connectivity index (χ0n) is 12.7. The van der Waals surface area contributed by atoms with Crippen molar-refractivity contribution in [2.24, 2.45) is 0 Å². The van der Waals surface area contributed by atoms with E-state index in [0.29, 0.717) is 5.69 Å². The highest BCUT2D eigenvalue weighted by Crippen LogP contribution is 2.08. The minimum absolute atomic E-state index is 0.0849. The normalized spacial score (nSPS) is 10.3. The summed E-state index contributed by atoms with van der Waals surface area (Å²) in [6.45, 7) is 5.81. The van der Waals surface area contributed by atoms with Crippen molar-refractivity contribution in [2.75, 3.05) is 18.4 Å². The molecule has 1 aromatic rings. The molecule has 20 heavy (non-hydrogen) atoms. The van der Waals surface area contributed by atoms with Crippen LogP contribution in [0.5, 0.6) is 0 Å². The Morgan fingerprint density at radius 1 is 1.15 bits per heavy atom. The second-order valence-corrected chi connectivity index (χ2v) is 4.98. The van der Waals surface area contributed by atoms with Gasteiger partial charge in [-0.2, -0.15) is 0 Å². The van der Waals surface area contributed by atoms with Crippen LogP contribution < -0.4 is 10.6 Å². The van der Waals surface area contributed by atoms with E-state index < -0.39 is 0 Å². The van der Waals surface area contributed by atoms with Crippen LogP contribution in [0.25, 0.3) is 0 Å². The molecule has 112 valence electrons. The molecule has 0 aliphatic rings. The maximum atomic E-state index is 11.9. The van der Waals surface area contributed by atoms with Crippen LogP contribution in [0.4, 0.5) is 5.69 Å². The van der Waals surface area contributed by atoms with Crippen molar-refractivity contribution in [2.45, 2.75) is 52.4 Å². The van der Waals surface area contributed by atoms with Crippen LogP contribution in [-0.2, 0) is 0 Å². The summed E-state index contributed by atoms with van der Waals surface area (Å²) in [5.41, 5.74) is 1.42. The Morgan fingerprint density at radius 3 is 2.65 bits per heavy atom. The summed E-state index contributed by atoms with van der Waals surface area (Å²) in [5.74, 6) is -0.0849. The molecule has 2 N–H and O–H groups in total. The molecule has 1 rings (SSSR count). The SMILES string of the molecule is CCCCCCCCNC(=O)c1cc(NCC)ccn1. The van der Waals surface area contributed by atoms with E-state index in [-0.39, 0.29) is 5.91 Å². The van der Waals surface area contributed by atoms with Crippen LogP contribution >= 0.6 is 0 Å². The van der Waals surface area contributed by atoms with Crippen LogP contribution in [0.3, 0.4) is 0 Å². The van der Waals surface area contributed by atoms with Crippen LogP contribution in [-0.4, -0.2) is 24.0 Å². The third-order valence-electron chi connectivity index (χ3n) is 3.19. The molecule has 0 radical (unpaired) electrons. The molecule has 1 amide bonds. The predicted octanol–water partition coefficient (Wildman–Crippen LogP) is 3.60. The number of amides is 1. The maximum absolute atomic E-state index is 11.9. The average Bonchev–Trinajstić information content (AvgIpc) is 2.47. The second kappa shape index (κ2) is 10.2. The molecule has 0 bridgehead atoms. The largest absolute Gasteiger partial charge is 0.385 e. The molecule has 0 saturated heterocycles. The van der Waals surface area contributed by atoms with E-state index in [0.717, 1.165) is 25.2 Å². The fourth-order valence-corrected chi connectivity index (χ4v) is 2.07. The first kappa shape index (κ1) is 16.5. The number of carbonyl (C=O) groups is 1. The number of carbonyl (C=O) groups excluding carboxylic acids is 1.